The summed E-state index contributed by atoms with van der Waals surface area (Å²) in [5.74, 6) is -0.0180. The van der Waals surface area contributed by atoms with Gasteiger partial charge in [0.25, 0.3) is 5.91 Å². The molecule has 3 amide bonds. The molecule has 0 atom stereocenters. The molecule has 0 aliphatic carbocycles. The zero-order valence-corrected chi connectivity index (χ0v) is 19.1. The van der Waals surface area contributed by atoms with Crippen LogP contribution in [0.15, 0.2) is 83.3 Å². The van der Waals surface area contributed by atoms with E-state index in [1.54, 1.807) is 23.1 Å². The number of hydrogen-bond acceptors (Lipinski definition) is 4. The van der Waals surface area contributed by atoms with E-state index in [-0.39, 0.29) is 29.9 Å². The van der Waals surface area contributed by atoms with Crippen molar-refractivity contribution in [3.63, 3.8) is 0 Å². The van der Waals surface area contributed by atoms with Crippen LogP contribution in [-0.4, -0.2) is 24.3 Å². The molecule has 0 spiro atoms. The topological polar surface area (TPSA) is 91.7 Å². The summed E-state index contributed by atoms with van der Waals surface area (Å²) in [7, 11) is 0. The van der Waals surface area contributed by atoms with E-state index in [9.17, 15) is 14.4 Å². The predicted molar refractivity (Wildman–Crippen MR) is 134 cm³/mol. The maximum Gasteiger partial charge on any atom is 0.291 e. The molecule has 7 nitrogen and oxygen atoms in total. The Morgan fingerprint density at radius 3 is 2.37 bits per heavy atom. The second kappa shape index (κ2) is 9.85. The Labute approximate surface area is 202 Å². The van der Waals surface area contributed by atoms with Crippen LogP contribution in [0.4, 0.5) is 11.4 Å². The van der Waals surface area contributed by atoms with Crippen molar-refractivity contribution in [1.82, 2.24) is 5.32 Å². The van der Waals surface area contributed by atoms with Crippen LogP contribution in [0.5, 0.6) is 0 Å². The van der Waals surface area contributed by atoms with Gasteiger partial charge >= 0.3 is 0 Å². The Hall–Kier alpha value is -4.39. The molecule has 1 saturated heterocycles. The van der Waals surface area contributed by atoms with Crippen molar-refractivity contribution >= 4 is 40.1 Å². The van der Waals surface area contributed by atoms with Gasteiger partial charge < -0.3 is 20.0 Å². The van der Waals surface area contributed by atoms with Crippen molar-refractivity contribution in [3.8, 4) is 0 Å². The van der Waals surface area contributed by atoms with Crippen LogP contribution in [0.1, 0.15) is 34.5 Å². The zero-order chi connectivity index (χ0) is 24.2. The maximum atomic E-state index is 12.5. The lowest BCUT2D eigenvalue weighted by Gasteiger charge is -2.16. The minimum atomic E-state index is -0.327. The van der Waals surface area contributed by atoms with E-state index in [1.165, 1.54) is 0 Å². The van der Waals surface area contributed by atoms with Gasteiger partial charge in [-0.1, -0.05) is 42.5 Å². The normalized spacial score (nSPS) is 13.3. The number of carbonyl (C=O) groups is 3. The van der Waals surface area contributed by atoms with Crippen LogP contribution < -0.4 is 15.5 Å². The molecule has 1 fully saturated rings. The molecule has 0 radical (unpaired) electrons. The highest BCUT2D eigenvalue weighted by Crippen LogP contribution is 2.22. The first-order chi connectivity index (χ1) is 17.0. The molecule has 7 heteroatoms. The Balaban J connectivity index is 1.11. The summed E-state index contributed by atoms with van der Waals surface area (Å²) >= 11 is 0. The molecular formula is C28H25N3O4. The third kappa shape index (κ3) is 5.24. The zero-order valence-electron chi connectivity index (χ0n) is 19.1. The second-order valence-electron chi connectivity index (χ2n) is 8.57. The molecule has 4 aromatic rings. The van der Waals surface area contributed by atoms with Crippen molar-refractivity contribution in [2.24, 2.45) is 0 Å². The summed E-state index contributed by atoms with van der Waals surface area (Å²) < 4.78 is 5.60. The molecule has 0 bridgehead atoms. The molecule has 0 unspecified atom stereocenters. The van der Waals surface area contributed by atoms with Crippen LogP contribution in [0.3, 0.4) is 0 Å². The molecule has 2 N–H and O–H groups in total. The lowest BCUT2D eigenvalue weighted by Crippen LogP contribution is -2.25. The van der Waals surface area contributed by atoms with Gasteiger partial charge in [-0.05, 0) is 53.9 Å². The van der Waals surface area contributed by atoms with Gasteiger partial charge in [-0.2, -0.15) is 0 Å². The lowest BCUT2D eigenvalue weighted by atomic mass is 10.1. The van der Waals surface area contributed by atoms with Gasteiger partial charge in [0.2, 0.25) is 11.8 Å². The summed E-state index contributed by atoms with van der Waals surface area (Å²) in [4.78, 5) is 38.5. The summed E-state index contributed by atoms with van der Waals surface area (Å²) in [6.07, 6.45) is 1.73. The smallest absolute Gasteiger partial charge is 0.291 e. The van der Waals surface area contributed by atoms with E-state index in [4.69, 9.17) is 4.42 Å². The van der Waals surface area contributed by atoms with Crippen LogP contribution in [0, 0.1) is 0 Å². The van der Waals surface area contributed by atoms with Gasteiger partial charge in [-0.15, -0.1) is 0 Å². The number of rotatable bonds is 7. The van der Waals surface area contributed by atoms with Gasteiger partial charge in [0, 0.05) is 36.3 Å². The number of hydrogen-bond donors (Lipinski definition) is 2. The van der Waals surface area contributed by atoms with Crippen LogP contribution in [-0.2, 0) is 22.6 Å². The number of amides is 3. The lowest BCUT2D eigenvalue weighted by molar-refractivity contribution is -0.120. The molecule has 35 heavy (non-hydrogen) atoms. The summed E-state index contributed by atoms with van der Waals surface area (Å²) in [6, 6.07) is 24.0. The number of nitrogens with zero attached hydrogens (tertiary/aromatic N) is 1. The monoisotopic (exact) mass is 467 g/mol. The average molecular weight is 468 g/mol. The molecule has 5 rings (SSSR count). The Morgan fingerprint density at radius 1 is 0.914 bits per heavy atom. The van der Waals surface area contributed by atoms with Crippen LogP contribution in [0.25, 0.3) is 11.0 Å². The molecule has 2 heterocycles. The van der Waals surface area contributed by atoms with Gasteiger partial charge in [0.1, 0.15) is 5.58 Å². The van der Waals surface area contributed by atoms with Crippen molar-refractivity contribution in [1.29, 1.82) is 0 Å². The molecule has 0 saturated carbocycles. The highest BCUT2D eigenvalue weighted by molar-refractivity contribution is 6.04. The van der Waals surface area contributed by atoms with Crippen molar-refractivity contribution in [2.75, 3.05) is 16.8 Å². The summed E-state index contributed by atoms with van der Waals surface area (Å²) in [6.45, 7) is 1.18. The molecule has 3 aromatic carbocycles. The van der Waals surface area contributed by atoms with E-state index in [0.717, 1.165) is 35.2 Å². The molecule has 1 aromatic heterocycles. The first kappa shape index (κ1) is 22.4. The largest absolute Gasteiger partial charge is 0.451 e. The fourth-order valence-corrected chi connectivity index (χ4v) is 4.16. The van der Waals surface area contributed by atoms with Crippen LogP contribution in [0.2, 0.25) is 0 Å². The minimum Gasteiger partial charge on any atom is -0.451 e. The summed E-state index contributed by atoms with van der Waals surface area (Å²) in [5.41, 5.74) is 3.99. The number of para-hydroxylation sites is 1. The van der Waals surface area contributed by atoms with E-state index in [1.807, 2.05) is 60.7 Å². The van der Waals surface area contributed by atoms with Crippen molar-refractivity contribution < 1.29 is 18.8 Å². The average Bonchev–Trinajstić information content (AvgIpc) is 3.50. The number of fused-ring (bicyclic) bond motifs is 1. The fraction of sp³-hybridized carbons (Fsp3) is 0.179. The number of benzene rings is 3. The molecular weight excluding hydrogens is 442 g/mol. The number of carbonyl (C=O) groups excluding carboxylic acids is 3. The third-order valence-electron chi connectivity index (χ3n) is 6.04. The summed E-state index contributed by atoms with van der Waals surface area (Å²) in [5, 5.41) is 6.61. The molecule has 1 aliphatic rings. The maximum absolute atomic E-state index is 12.5. The second-order valence-corrected chi connectivity index (χ2v) is 8.57. The molecule has 176 valence electrons. The van der Waals surface area contributed by atoms with Crippen LogP contribution >= 0.6 is 0 Å². The van der Waals surface area contributed by atoms with Gasteiger partial charge in [0.05, 0.1) is 6.42 Å². The minimum absolute atomic E-state index is 0.0946. The highest BCUT2D eigenvalue weighted by Gasteiger charge is 2.21. The quantitative estimate of drug-likeness (QED) is 0.413. The number of furan rings is 1. The predicted octanol–water partition coefficient (Wildman–Crippen LogP) is 4.67. The van der Waals surface area contributed by atoms with E-state index in [2.05, 4.69) is 10.6 Å². The Kier molecular flexibility index (Phi) is 6.30. The van der Waals surface area contributed by atoms with Gasteiger partial charge in [-0.3, -0.25) is 14.4 Å². The standard InChI is InChI=1S/C28H25N3O4/c32-26(29-18-20-9-13-23(14-10-20)31-15-3-6-27(31)33)16-19-7-11-22(12-8-19)30-28(34)25-17-21-4-1-2-5-24(21)35-25/h1-2,4-5,7-14,17H,3,6,15-16,18H2,(H,29,32)(H,30,34). The van der Waals surface area contributed by atoms with Crippen molar-refractivity contribution in [2.45, 2.75) is 25.8 Å². The van der Waals surface area contributed by atoms with E-state index in [0.29, 0.717) is 24.2 Å². The van der Waals surface area contributed by atoms with E-state index >= 15 is 0 Å². The van der Waals surface area contributed by atoms with E-state index < -0.39 is 0 Å². The number of anilines is 2. The molecule has 1 aliphatic heterocycles. The first-order valence-electron chi connectivity index (χ1n) is 11.6. The van der Waals surface area contributed by atoms with Crippen molar-refractivity contribution in [3.05, 3.63) is 95.7 Å². The highest BCUT2D eigenvalue weighted by atomic mass is 16.3. The van der Waals surface area contributed by atoms with Gasteiger partial charge in [-0.25, -0.2) is 0 Å². The van der Waals surface area contributed by atoms with Gasteiger partial charge in [0.15, 0.2) is 5.76 Å². The number of nitrogens with one attached hydrogen (secondary N) is 2. The Morgan fingerprint density at radius 2 is 1.66 bits per heavy atom. The SMILES string of the molecule is O=C(Cc1ccc(NC(=O)c2cc3ccccc3o2)cc1)NCc1ccc(N2CCCC2=O)cc1. The Bertz CT molecular complexity index is 1340. The third-order valence-corrected chi connectivity index (χ3v) is 6.04. The first-order valence-corrected chi connectivity index (χ1v) is 11.6. The fourth-order valence-electron chi connectivity index (χ4n) is 4.16.